The van der Waals surface area contributed by atoms with Gasteiger partial charge in [-0.2, -0.15) is 0 Å². The molecular weight excluding hydrogens is 174 g/mol. The number of hydrogen-bond donors (Lipinski definition) is 0. The molecule has 0 spiro atoms. The van der Waals surface area contributed by atoms with Gasteiger partial charge >= 0.3 is 0 Å². The maximum Gasteiger partial charge on any atom is 0.135 e. The van der Waals surface area contributed by atoms with Gasteiger partial charge in [0.2, 0.25) is 0 Å². The average Bonchev–Trinajstić information content (AvgIpc) is 2.15. The first-order valence-corrected chi connectivity index (χ1v) is 5.99. The van der Waals surface area contributed by atoms with E-state index >= 15 is 0 Å². The van der Waals surface area contributed by atoms with Crippen molar-refractivity contribution in [2.45, 2.75) is 58.4 Å². The first-order valence-electron chi connectivity index (χ1n) is 5.99. The SMILES string of the molecule is CCCCCCN1CCC(=O)CC1C. The fraction of sp³-hybridized carbons (Fsp3) is 0.917. The molecule has 0 N–H and O–H groups in total. The van der Waals surface area contributed by atoms with Gasteiger partial charge in [-0.15, -0.1) is 0 Å². The van der Waals surface area contributed by atoms with E-state index in [4.69, 9.17) is 0 Å². The number of unbranched alkanes of at least 4 members (excludes halogenated alkanes) is 3. The summed E-state index contributed by atoms with van der Waals surface area (Å²) in [5.41, 5.74) is 0. The quantitative estimate of drug-likeness (QED) is 0.631. The topological polar surface area (TPSA) is 20.3 Å². The lowest BCUT2D eigenvalue weighted by atomic mass is 10.0. The average molecular weight is 197 g/mol. The van der Waals surface area contributed by atoms with E-state index in [1.165, 1.54) is 32.2 Å². The van der Waals surface area contributed by atoms with Crippen LogP contribution in [0.5, 0.6) is 0 Å². The number of ketones is 1. The van der Waals surface area contributed by atoms with Crippen LogP contribution in [-0.2, 0) is 4.79 Å². The number of carbonyl (C=O) groups is 1. The van der Waals surface area contributed by atoms with Gasteiger partial charge in [-0.25, -0.2) is 0 Å². The normalized spacial score (nSPS) is 24.1. The Morgan fingerprint density at radius 3 is 2.79 bits per heavy atom. The maximum atomic E-state index is 11.2. The van der Waals surface area contributed by atoms with Gasteiger partial charge in [-0.3, -0.25) is 9.69 Å². The molecule has 1 rings (SSSR count). The smallest absolute Gasteiger partial charge is 0.135 e. The van der Waals surface area contributed by atoms with E-state index in [1.54, 1.807) is 0 Å². The number of Topliss-reactive ketones (excluding diaryl/α,β-unsaturated/α-hetero) is 1. The summed E-state index contributed by atoms with van der Waals surface area (Å²) in [6.45, 7) is 6.60. The Morgan fingerprint density at radius 2 is 2.14 bits per heavy atom. The van der Waals surface area contributed by atoms with Gasteiger partial charge in [0.1, 0.15) is 5.78 Å². The highest BCUT2D eigenvalue weighted by Gasteiger charge is 2.22. The van der Waals surface area contributed by atoms with Gasteiger partial charge in [-0.05, 0) is 19.9 Å². The molecule has 1 atom stereocenters. The number of hydrogen-bond acceptors (Lipinski definition) is 2. The van der Waals surface area contributed by atoms with Crippen molar-refractivity contribution in [2.24, 2.45) is 0 Å². The zero-order valence-corrected chi connectivity index (χ0v) is 9.59. The molecule has 0 aliphatic carbocycles. The van der Waals surface area contributed by atoms with Crippen LogP contribution in [0, 0.1) is 0 Å². The fourth-order valence-corrected chi connectivity index (χ4v) is 2.12. The molecule has 2 nitrogen and oxygen atoms in total. The molecule has 0 aromatic rings. The van der Waals surface area contributed by atoms with Crippen LogP contribution < -0.4 is 0 Å². The lowest BCUT2D eigenvalue weighted by Gasteiger charge is -2.32. The van der Waals surface area contributed by atoms with Crippen molar-refractivity contribution >= 4 is 5.78 Å². The van der Waals surface area contributed by atoms with Crippen LogP contribution in [0.3, 0.4) is 0 Å². The second-order valence-electron chi connectivity index (χ2n) is 4.44. The number of piperidine rings is 1. The predicted octanol–water partition coefficient (Wildman–Crippen LogP) is 2.62. The van der Waals surface area contributed by atoms with Crippen LogP contribution in [0.4, 0.5) is 0 Å². The summed E-state index contributed by atoms with van der Waals surface area (Å²) in [6, 6.07) is 0.484. The molecule has 1 saturated heterocycles. The summed E-state index contributed by atoms with van der Waals surface area (Å²) >= 11 is 0. The molecule has 2 heteroatoms. The van der Waals surface area contributed by atoms with E-state index in [-0.39, 0.29) is 0 Å². The minimum absolute atomic E-state index is 0.447. The summed E-state index contributed by atoms with van der Waals surface area (Å²) in [6.07, 6.45) is 6.83. The van der Waals surface area contributed by atoms with Gasteiger partial charge in [0.15, 0.2) is 0 Å². The lowest BCUT2D eigenvalue weighted by molar-refractivity contribution is -0.122. The first-order chi connectivity index (χ1) is 6.74. The molecule has 82 valence electrons. The minimum Gasteiger partial charge on any atom is -0.300 e. The highest BCUT2D eigenvalue weighted by molar-refractivity contribution is 5.79. The molecule has 0 aromatic carbocycles. The summed E-state index contributed by atoms with van der Waals surface area (Å²) < 4.78 is 0. The molecule has 0 aromatic heterocycles. The van der Waals surface area contributed by atoms with Crippen molar-refractivity contribution < 1.29 is 4.79 Å². The third kappa shape index (κ3) is 3.79. The number of likely N-dealkylation sites (tertiary alicyclic amines) is 1. The third-order valence-electron chi connectivity index (χ3n) is 3.12. The van der Waals surface area contributed by atoms with E-state index in [0.29, 0.717) is 11.8 Å². The van der Waals surface area contributed by atoms with Gasteiger partial charge in [0, 0.05) is 25.4 Å². The van der Waals surface area contributed by atoms with Crippen LogP contribution in [0.15, 0.2) is 0 Å². The lowest BCUT2D eigenvalue weighted by Crippen LogP contribution is -2.41. The van der Waals surface area contributed by atoms with Gasteiger partial charge in [0.05, 0.1) is 0 Å². The summed E-state index contributed by atoms with van der Waals surface area (Å²) in [5, 5.41) is 0. The van der Waals surface area contributed by atoms with E-state index in [9.17, 15) is 4.79 Å². The maximum absolute atomic E-state index is 11.2. The predicted molar refractivity (Wildman–Crippen MR) is 59.4 cm³/mol. The van der Waals surface area contributed by atoms with Crippen LogP contribution in [0.2, 0.25) is 0 Å². The molecule has 14 heavy (non-hydrogen) atoms. The zero-order valence-electron chi connectivity index (χ0n) is 9.59. The van der Waals surface area contributed by atoms with Crippen molar-refractivity contribution in [3.05, 3.63) is 0 Å². The molecule has 1 unspecified atom stereocenters. The molecule has 0 saturated carbocycles. The van der Waals surface area contributed by atoms with Gasteiger partial charge < -0.3 is 0 Å². The fourth-order valence-electron chi connectivity index (χ4n) is 2.12. The summed E-state index contributed by atoms with van der Waals surface area (Å²) in [7, 11) is 0. The summed E-state index contributed by atoms with van der Waals surface area (Å²) in [5.74, 6) is 0.447. The Hall–Kier alpha value is -0.370. The van der Waals surface area contributed by atoms with Crippen LogP contribution in [0.1, 0.15) is 52.4 Å². The Labute approximate surface area is 87.7 Å². The Kier molecular flexibility index (Phi) is 5.16. The van der Waals surface area contributed by atoms with E-state index in [0.717, 1.165) is 19.4 Å². The molecule has 1 fully saturated rings. The largest absolute Gasteiger partial charge is 0.300 e. The molecule has 1 heterocycles. The summed E-state index contributed by atoms with van der Waals surface area (Å²) in [4.78, 5) is 13.6. The van der Waals surface area contributed by atoms with Crippen LogP contribution >= 0.6 is 0 Å². The van der Waals surface area contributed by atoms with Crippen LogP contribution in [0.25, 0.3) is 0 Å². The number of nitrogens with zero attached hydrogens (tertiary/aromatic N) is 1. The Bertz CT molecular complexity index is 179. The molecule has 0 amide bonds. The van der Waals surface area contributed by atoms with E-state index in [1.807, 2.05) is 0 Å². The first kappa shape index (κ1) is 11.7. The standard InChI is InChI=1S/C12H23NO/c1-3-4-5-6-8-13-9-7-12(14)10-11(13)2/h11H,3-10H2,1-2H3. The molecule has 1 aliphatic heterocycles. The number of carbonyl (C=O) groups excluding carboxylic acids is 1. The highest BCUT2D eigenvalue weighted by atomic mass is 16.1. The third-order valence-corrected chi connectivity index (χ3v) is 3.12. The van der Waals surface area contributed by atoms with Crippen molar-refractivity contribution in [3.8, 4) is 0 Å². The van der Waals surface area contributed by atoms with E-state index in [2.05, 4.69) is 18.7 Å². The van der Waals surface area contributed by atoms with E-state index < -0.39 is 0 Å². The number of rotatable bonds is 5. The van der Waals surface area contributed by atoms with Crippen molar-refractivity contribution in [3.63, 3.8) is 0 Å². The molecule has 0 bridgehead atoms. The zero-order chi connectivity index (χ0) is 10.4. The second kappa shape index (κ2) is 6.18. The van der Waals surface area contributed by atoms with Gasteiger partial charge in [0.25, 0.3) is 0 Å². The van der Waals surface area contributed by atoms with Crippen molar-refractivity contribution in [2.75, 3.05) is 13.1 Å². The molecule has 0 radical (unpaired) electrons. The Morgan fingerprint density at radius 1 is 1.36 bits per heavy atom. The Balaban J connectivity index is 2.14. The monoisotopic (exact) mass is 197 g/mol. The molecular formula is C12H23NO. The van der Waals surface area contributed by atoms with Gasteiger partial charge in [-0.1, -0.05) is 26.2 Å². The van der Waals surface area contributed by atoms with Crippen LogP contribution in [-0.4, -0.2) is 29.8 Å². The minimum atomic E-state index is 0.447. The van der Waals surface area contributed by atoms with Crippen molar-refractivity contribution in [1.82, 2.24) is 4.90 Å². The molecule has 1 aliphatic rings. The van der Waals surface area contributed by atoms with Crippen molar-refractivity contribution in [1.29, 1.82) is 0 Å². The highest BCUT2D eigenvalue weighted by Crippen LogP contribution is 2.14. The second-order valence-corrected chi connectivity index (χ2v) is 4.44.